The number of pyridine rings is 1. The van der Waals surface area contributed by atoms with E-state index < -0.39 is 0 Å². The number of piperidine rings is 1. The first-order chi connectivity index (χ1) is 11.6. The number of nitrogens with zero attached hydrogens (tertiary/aromatic N) is 2. The van der Waals surface area contributed by atoms with Crippen molar-refractivity contribution in [3.63, 3.8) is 0 Å². The molecule has 0 saturated carbocycles. The van der Waals surface area contributed by atoms with Crippen LogP contribution in [0.25, 0.3) is 0 Å². The molecule has 1 amide bonds. The van der Waals surface area contributed by atoms with Crippen LogP contribution in [0.5, 0.6) is 0 Å². The third kappa shape index (κ3) is 4.50. The monoisotopic (exact) mass is 361 g/mol. The summed E-state index contributed by atoms with van der Waals surface area (Å²) in [6.07, 6.45) is 4.08. The van der Waals surface area contributed by atoms with Gasteiger partial charge in [0, 0.05) is 5.25 Å². The molecule has 0 atom stereocenters. The molecule has 0 spiro atoms. The Morgan fingerprint density at radius 2 is 2.00 bits per heavy atom. The predicted molar refractivity (Wildman–Crippen MR) is 100 cm³/mol. The molecule has 6 heteroatoms. The average molecular weight is 362 g/mol. The second kappa shape index (κ2) is 8.01. The van der Waals surface area contributed by atoms with Gasteiger partial charge in [-0.3, -0.25) is 4.79 Å². The van der Waals surface area contributed by atoms with Gasteiger partial charge in [0.25, 0.3) is 5.91 Å². The number of anilines is 1. The molecular formula is C18H20ClN3OS. The lowest BCUT2D eigenvalue weighted by Gasteiger charge is -2.28. The Bertz CT molecular complexity index is 700. The number of carbonyl (C=O) groups is 1. The summed E-state index contributed by atoms with van der Waals surface area (Å²) in [5.74, 6) is -0.224. The molecule has 126 valence electrons. The van der Waals surface area contributed by atoms with Gasteiger partial charge >= 0.3 is 0 Å². The molecule has 0 bridgehead atoms. The molecule has 3 rings (SSSR count). The van der Waals surface area contributed by atoms with Crippen LogP contribution < -0.4 is 5.32 Å². The zero-order valence-electron chi connectivity index (χ0n) is 13.5. The van der Waals surface area contributed by atoms with Crippen molar-refractivity contribution in [3.8, 4) is 0 Å². The number of aromatic nitrogens is 1. The summed E-state index contributed by atoms with van der Waals surface area (Å²) in [7, 11) is 2.16. The summed E-state index contributed by atoms with van der Waals surface area (Å²) >= 11 is 7.87. The fraction of sp³-hybridized carbons (Fsp3) is 0.333. The van der Waals surface area contributed by atoms with Crippen LogP contribution in [0.15, 0.2) is 47.6 Å². The van der Waals surface area contributed by atoms with E-state index in [-0.39, 0.29) is 5.91 Å². The molecule has 1 saturated heterocycles. The van der Waals surface area contributed by atoms with E-state index in [1.54, 1.807) is 30.5 Å². The second-order valence-corrected chi connectivity index (χ2v) is 7.67. The summed E-state index contributed by atoms with van der Waals surface area (Å²) in [5, 5.41) is 4.90. The van der Waals surface area contributed by atoms with E-state index in [0.717, 1.165) is 18.1 Å². The molecule has 2 heterocycles. The van der Waals surface area contributed by atoms with Gasteiger partial charge in [0.2, 0.25) is 0 Å². The van der Waals surface area contributed by atoms with Crippen molar-refractivity contribution in [1.29, 1.82) is 0 Å². The number of halogens is 1. The highest BCUT2D eigenvalue weighted by molar-refractivity contribution is 7.99. The predicted octanol–water partition coefficient (Wildman–Crippen LogP) is 4.17. The van der Waals surface area contributed by atoms with Crippen LogP contribution in [0.4, 0.5) is 5.69 Å². The minimum absolute atomic E-state index is 0.224. The number of hydrogen-bond acceptors (Lipinski definition) is 4. The first-order valence-electron chi connectivity index (χ1n) is 7.99. The number of rotatable bonds is 4. The molecule has 24 heavy (non-hydrogen) atoms. The maximum absolute atomic E-state index is 12.2. The zero-order chi connectivity index (χ0) is 16.9. The van der Waals surface area contributed by atoms with Crippen LogP contribution in [0.2, 0.25) is 5.02 Å². The molecule has 1 aliphatic rings. The minimum Gasteiger partial charge on any atom is -0.321 e. The second-order valence-electron chi connectivity index (χ2n) is 5.94. The number of thioether (sulfide) groups is 1. The lowest BCUT2D eigenvalue weighted by atomic mass is 10.1. The van der Waals surface area contributed by atoms with Crippen LogP contribution in [0.1, 0.15) is 23.2 Å². The summed E-state index contributed by atoms with van der Waals surface area (Å²) in [6.45, 7) is 2.29. The van der Waals surface area contributed by atoms with Gasteiger partial charge in [-0.25, -0.2) is 4.98 Å². The molecule has 4 nitrogen and oxygen atoms in total. The lowest BCUT2D eigenvalue weighted by Crippen LogP contribution is -2.31. The van der Waals surface area contributed by atoms with Gasteiger partial charge in [-0.05, 0) is 57.2 Å². The van der Waals surface area contributed by atoms with Crippen LogP contribution >= 0.6 is 23.4 Å². The van der Waals surface area contributed by atoms with E-state index in [1.165, 1.54) is 12.8 Å². The fourth-order valence-electron chi connectivity index (χ4n) is 2.64. The molecule has 0 unspecified atom stereocenters. The van der Waals surface area contributed by atoms with Crippen LogP contribution in [-0.4, -0.2) is 41.2 Å². The summed E-state index contributed by atoms with van der Waals surface area (Å²) in [6, 6.07) is 10.9. The molecule has 2 aromatic rings. The highest BCUT2D eigenvalue weighted by atomic mass is 35.5. The molecule has 1 aromatic carbocycles. The summed E-state index contributed by atoms with van der Waals surface area (Å²) < 4.78 is 0. The highest BCUT2D eigenvalue weighted by Gasteiger charge is 2.18. The molecule has 1 fully saturated rings. The fourth-order valence-corrected chi connectivity index (χ4v) is 3.91. The Hall–Kier alpha value is -1.56. The number of carbonyl (C=O) groups excluding carboxylic acids is 1. The number of likely N-dealkylation sites (tertiary alicyclic amines) is 1. The van der Waals surface area contributed by atoms with E-state index in [2.05, 4.69) is 22.2 Å². The molecule has 1 aliphatic heterocycles. The van der Waals surface area contributed by atoms with Gasteiger partial charge in [-0.1, -0.05) is 23.7 Å². The van der Waals surface area contributed by atoms with Crippen molar-refractivity contribution < 1.29 is 4.79 Å². The Labute approximate surface area is 151 Å². The maximum Gasteiger partial charge on any atom is 0.257 e. The zero-order valence-corrected chi connectivity index (χ0v) is 15.1. The Morgan fingerprint density at radius 1 is 1.25 bits per heavy atom. The normalized spacial score (nSPS) is 16.1. The Morgan fingerprint density at radius 3 is 2.67 bits per heavy atom. The van der Waals surface area contributed by atoms with Crippen molar-refractivity contribution in [2.45, 2.75) is 23.1 Å². The average Bonchev–Trinajstić information content (AvgIpc) is 2.59. The highest BCUT2D eigenvalue weighted by Crippen LogP contribution is 2.29. The first-order valence-corrected chi connectivity index (χ1v) is 9.25. The smallest absolute Gasteiger partial charge is 0.257 e. The molecule has 1 aromatic heterocycles. The van der Waals surface area contributed by atoms with Crippen LogP contribution in [-0.2, 0) is 0 Å². The van der Waals surface area contributed by atoms with Gasteiger partial charge in [-0.2, -0.15) is 0 Å². The van der Waals surface area contributed by atoms with Crippen molar-refractivity contribution in [1.82, 2.24) is 9.88 Å². The Kier molecular flexibility index (Phi) is 5.76. The van der Waals surface area contributed by atoms with Crippen molar-refractivity contribution >= 4 is 35.0 Å². The van der Waals surface area contributed by atoms with E-state index in [9.17, 15) is 4.79 Å². The lowest BCUT2D eigenvalue weighted by molar-refractivity contribution is 0.102. The van der Waals surface area contributed by atoms with Gasteiger partial charge < -0.3 is 10.2 Å². The molecular weight excluding hydrogens is 342 g/mol. The van der Waals surface area contributed by atoms with Crippen LogP contribution in [0.3, 0.4) is 0 Å². The number of hydrogen-bond donors (Lipinski definition) is 1. The van der Waals surface area contributed by atoms with E-state index in [4.69, 9.17) is 11.6 Å². The van der Waals surface area contributed by atoms with Gasteiger partial charge in [0.05, 0.1) is 27.5 Å². The topological polar surface area (TPSA) is 45.2 Å². The maximum atomic E-state index is 12.2. The quantitative estimate of drug-likeness (QED) is 0.887. The number of nitrogens with one attached hydrogen (secondary N) is 1. The first kappa shape index (κ1) is 17.3. The standard InChI is InChI=1S/C18H20ClN3OS/c1-22-10-8-14(9-11-22)24-17-7-6-13(12-20-17)21-18(23)15-4-2-3-5-16(15)19/h2-7,12,14H,8-11H2,1H3,(H,21,23). The molecule has 0 aliphatic carbocycles. The Balaban J connectivity index is 1.58. The third-order valence-corrected chi connectivity index (χ3v) is 5.68. The minimum atomic E-state index is -0.224. The summed E-state index contributed by atoms with van der Waals surface area (Å²) in [5.41, 5.74) is 1.14. The summed E-state index contributed by atoms with van der Waals surface area (Å²) in [4.78, 5) is 19.1. The van der Waals surface area contributed by atoms with Crippen molar-refractivity contribution in [2.75, 3.05) is 25.5 Å². The third-order valence-electron chi connectivity index (χ3n) is 4.07. The van der Waals surface area contributed by atoms with E-state index >= 15 is 0 Å². The largest absolute Gasteiger partial charge is 0.321 e. The van der Waals surface area contributed by atoms with Gasteiger partial charge in [0.1, 0.15) is 0 Å². The number of amides is 1. The van der Waals surface area contributed by atoms with E-state index in [0.29, 0.717) is 21.5 Å². The van der Waals surface area contributed by atoms with Crippen LogP contribution in [0, 0.1) is 0 Å². The molecule has 1 N–H and O–H groups in total. The van der Waals surface area contributed by atoms with E-state index in [1.807, 2.05) is 23.9 Å². The van der Waals surface area contributed by atoms with Gasteiger partial charge in [-0.15, -0.1) is 11.8 Å². The van der Waals surface area contributed by atoms with Gasteiger partial charge in [0.15, 0.2) is 0 Å². The number of benzene rings is 1. The molecule has 0 radical (unpaired) electrons. The van der Waals surface area contributed by atoms with Crippen molar-refractivity contribution in [2.24, 2.45) is 0 Å². The van der Waals surface area contributed by atoms with Crippen molar-refractivity contribution in [3.05, 3.63) is 53.2 Å². The SMILES string of the molecule is CN1CCC(Sc2ccc(NC(=O)c3ccccc3Cl)cn2)CC1.